The molecule has 1 saturated heterocycles. The molecule has 1 aromatic rings. The fourth-order valence-electron chi connectivity index (χ4n) is 2.27. The molecular weight excluding hydrogens is 228 g/mol. The summed E-state index contributed by atoms with van der Waals surface area (Å²) in [5.41, 5.74) is 0.854. The molecule has 0 N–H and O–H groups in total. The summed E-state index contributed by atoms with van der Waals surface area (Å²) >= 11 is 0. The molecule has 1 heterocycles. The molecule has 0 radical (unpaired) electrons. The molecule has 4 nitrogen and oxygen atoms in total. The van der Waals surface area contributed by atoms with Gasteiger partial charge in [-0.3, -0.25) is 15.0 Å². The summed E-state index contributed by atoms with van der Waals surface area (Å²) in [7, 11) is 0. The van der Waals surface area contributed by atoms with Crippen LogP contribution in [0.15, 0.2) is 30.3 Å². The molecule has 4 heteroatoms. The highest BCUT2D eigenvalue weighted by Crippen LogP contribution is 2.19. The number of rotatable bonds is 4. The Labute approximate surface area is 107 Å². The Kier molecular flexibility index (Phi) is 4.47. The third-order valence-electron chi connectivity index (χ3n) is 3.24. The van der Waals surface area contributed by atoms with Gasteiger partial charge in [-0.1, -0.05) is 30.7 Å². The molecule has 0 saturated carbocycles. The fourth-order valence-corrected chi connectivity index (χ4v) is 2.27. The van der Waals surface area contributed by atoms with E-state index in [1.165, 1.54) is 19.3 Å². The van der Waals surface area contributed by atoms with Crippen molar-refractivity contribution in [2.75, 3.05) is 19.6 Å². The predicted octanol–water partition coefficient (Wildman–Crippen LogP) is 3.09. The maximum atomic E-state index is 10.8. The van der Waals surface area contributed by atoms with Crippen molar-refractivity contribution in [3.8, 4) is 0 Å². The molecule has 1 fully saturated rings. The SMILES string of the molecule is O=[N+]([O-])c1ccccc1C=CCN1CCCCC1. The molecular formula is C14H18N2O2. The van der Waals surface area contributed by atoms with Crippen LogP contribution in [0.4, 0.5) is 5.69 Å². The average Bonchev–Trinajstić information content (AvgIpc) is 2.40. The Balaban J connectivity index is 1.97. The first kappa shape index (κ1) is 12.8. The van der Waals surface area contributed by atoms with Crippen molar-refractivity contribution >= 4 is 11.8 Å². The number of hydrogen-bond acceptors (Lipinski definition) is 3. The Morgan fingerprint density at radius 3 is 2.67 bits per heavy atom. The first-order valence-electron chi connectivity index (χ1n) is 6.40. The summed E-state index contributed by atoms with van der Waals surface area (Å²) in [5, 5.41) is 10.8. The number of nitrogens with zero attached hydrogens (tertiary/aromatic N) is 2. The van der Waals surface area contributed by atoms with Gasteiger partial charge < -0.3 is 0 Å². The normalized spacial score (nSPS) is 17.1. The van der Waals surface area contributed by atoms with Gasteiger partial charge in [0.25, 0.3) is 5.69 Å². The van der Waals surface area contributed by atoms with Crippen LogP contribution in [0.1, 0.15) is 24.8 Å². The van der Waals surface area contributed by atoms with E-state index < -0.39 is 0 Å². The van der Waals surface area contributed by atoms with E-state index in [9.17, 15) is 10.1 Å². The standard InChI is InChI=1S/C14H18N2O2/c17-16(18)14-9-3-2-7-13(14)8-6-12-15-10-4-1-5-11-15/h2-3,6-9H,1,4-5,10-12H2. The minimum atomic E-state index is -0.333. The molecule has 0 atom stereocenters. The van der Waals surface area contributed by atoms with E-state index >= 15 is 0 Å². The van der Waals surface area contributed by atoms with Crippen molar-refractivity contribution < 1.29 is 4.92 Å². The highest BCUT2D eigenvalue weighted by atomic mass is 16.6. The molecule has 96 valence electrons. The van der Waals surface area contributed by atoms with Crippen LogP contribution in [0.2, 0.25) is 0 Å². The van der Waals surface area contributed by atoms with Gasteiger partial charge in [0.15, 0.2) is 0 Å². The summed E-state index contributed by atoms with van der Waals surface area (Å²) in [6, 6.07) is 6.85. The Morgan fingerprint density at radius 1 is 1.22 bits per heavy atom. The lowest BCUT2D eigenvalue weighted by Gasteiger charge is -2.24. The van der Waals surface area contributed by atoms with Gasteiger partial charge in [0.1, 0.15) is 0 Å². The minimum absolute atomic E-state index is 0.174. The van der Waals surface area contributed by atoms with Crippen molar-refractivity contribution in [1.29, 1.82) is 0 Å². The zero-order chi connectivity index (χ0) is 12.8. The van der Waals surface area contributed by atoms with E-state index in [-0.39, 0.29) is 10.6 Å². The molecule has 1 aliphatic heterocycles. The van der Waals surface area contributed by atoms with Gasteiger partial charge in [-0.25, -0.2) is 0 Å². The second-order valence-electron chi connectivity index (χ2n) is 4.58. The zero-order valence-corrected chi connectivity index (χ0v) is 10.4. The third-order valence-corrected chi connectivity index (χ3v) is 3.24. The quantitative estimate of drug-likeness (QED) is 0.605. The van der Waals surface area contributed by atoms with Gasteiger partial charge in [0, 0.05) is 12.6 Å². The van der Waals surface area contributed by atoms with Crippen molar-refractivity contribution in [1.82, 2.24) is 4.90 Å². The van der Waals surface area contributed by atoms with E-state index in [4.69, 9.17) is 0 Å². The molecule has 1 aliphatic rings. The van der Waals surface area contributed by atoms with Crippen molar-refractivity contribution in [2.24, 2.45) is 0 Å². The average molecular weight is 246 g/mol. The monoisotopic (exact) mass is 246 g/mol. The van der Waals surface area contributed by atoms with Gasteiger partial charge in [-0.2, -0.15) is 0 Å². The number of nitro benzene ring substituents is 1. The van der Waals surface area contributed by atoms with Crippen LogP contribution in [0.25, 0.3) is 6.08 Å². The van der Waals surface area contributed by atoms with E-state index in [1.807, 2.05) is 18.2 Å². The van der Waals surface area contributed by atoms with Crippen molar-refractivity contribution in [3.05, 3.63) is 46.0 Å². The van der Waals surface area contributed by atoms with Gasteiger partial charge in [-0.15, -0.1) is 0 Å². The lowest BCUT2D eigenvalue weighted by Crippen LogP contribution is -2.29. The van der Waals surface area contributed by atoms with Gasteiger partial charge >= 0.3 is 0 Å². The number of likely N-dealkylation sites (tertiary alicyclic amines) is 1. The molecule has 0 bridgehead atoms. The molecule has 0 amide bonds. The maximum Gasteiger partial charge on any atom is 0.276 e. The van der Waals surface area contributed by atoms with E-state index in [0.717, 1.165) is 19.6 Å². The van der Waals surface area contributed by atoms with Crippen LogP contribution in [0.5, 0.6) is 0 Å². The lowest BCUT2D eigenvalue weighted by atomic mass is 10.1. The van der Waals surface area contributed by atoms with Crippen molar-refractivity contribution in [2.45, 2.75) is 19.3 Å². The fraction of sp³-hybridized carbons (Fsp3) is 0.429. The Bertz CT molecular complexity index is 437. The molecule has 2 rings (SSSR count). The van der Waals surface area contributed by atoms with E-state index in [0.29, 0.717) is 5.56 Å². The molecule has 0 unspecified atom stereocenters. The summed E-state index contributed by atoms with van der Waals surface area (Å²) in [5.74, 6) is 0. The van der Waals surface area contributed by atoms with Crippen LogP contribution < -0.4 is 0 Å². The van der Waals surface area contributed by atoms with Crippen LogP contribution in [0.3, 0.4) is 0 Å². The molecule has 0 spiro atoms. The Hall–Kier alpha value is -1.68. The predicted molar refractivity (Wildman–Crippen MR) is 72.4 cm³/mol. The third kappa shape index (κ3) is 3.40. The first-order chi connectivity index (χ1) is 8.77. The number of nitro groups is 1. The highest BCUT2D eigenvalue weighted by molar-refractivity contribution is 5.60. The number of hydrogen-bond donors (Lipinski definition) is 0. The van der Waals surface area contributed by atoms with E-state index in [2.05, 4.69) is 4.90 Å². The number of benzene rings is 1. The van der Waals surface area contributed by atoms with Gasteiger partial charge in [0.05, 0.1) is 10.5 Å². The van der Waals surface area contributed by atoms with E-state index in [1.54, 1.807) is 18.2 Å². The summed E-state index contributed by atoms with van der Waals surface area (Å²) in [6.45, 7) is 3.16. The number of para-hydroxylation sites is 1. The molecule has 18 heavy (non-hydrogen) atoms. The smallest absolute Gasteiger partial charge is 0.276 e. The van der Waals surface area contributed by atoms with Crippen molar-refractivity contribution in [3.63, 3.8) is 0 Å². The summed E-state index contributed by atoms with van der Waals surface area (Å²) < 4.78 is 0. The second kappa shape index (κ2) is 6.31. The largest absolute Gasteiger partial charge is 0.300 e. The molecule has 0 aromatic heterocycles. The van der Waals surface area contributed by atoms with Crippen LogP contribution in [0, 0.1) is 10.1 Å². The van der Waals surface area contributed by atoms with Gasteiger partial charge in [0.2, 0.25) is 0 Å². The lowest BCUT2D eigenvalue weighted by molar-refractivity contribution is -0.385. The summed E-state index contributed by atoms with van der Waals surface area (Å²) in [4.78, 5) is 12.9. The van der Waals surface area contributed by atoms with Gasteiger partial charge in [-0.05, 0) is 32.0 Å². The Morgan fingerprint density at radius 2 is 1.94 bits per heavy atom. The highest BCUT2D eigenvalue weighted by Gasteiger charge is 2.10. The van der Waals surface area contributed by atoms with Crippen LogP contribution in [-0.2, 0) is 0 Å². The molecule has 1 aromatic carbocycles. The topological polar surface area (TPSA) is 46.4 Å². The van der Waals surface area contributed by atoms with Crippen LogP contribution in [-0.4, -0.2) is 29.5 Å². The van der Waals surface area contributed by atoms with Crippen LogP contribution >= 0.6 is 0 Å². The second-order valence-corrected chi connectivity index (χ2v) is 4.58. The first-order valence-corrected chi connectivity index (χ1v) is 6.40. The zero-order valence-electron chi connectivity index (χ0n) is 10.4. The maximum absolute atomic E-state index is 10.8. The molecule has 0 aliphatic carbocycles. The minimum Gasteiger partial charge on any atom is -0.300 e. The number of piperidine rings is 1. The summed E-state index contributed by atoms with van der Waals surface area (Å²) in [6.07, 6.45) is 7.73.